The predicted octanol–water partition coefficient (Wildman–Crippen LogP) is 2.90. The van der Waals surface area contributed by atoms with E-state index in [9.17, 15) is 19.7 Å². The van der Waals surface area contributed by atoms with Crippen molar-refractivity contribution in [2.45, 2.75) is 0 Å². The number of para-hydroxylation sites is 1. The number of benzene rings is 2. The molecule has 0 aliphatic carbocycles. The van der Waals surface area contributed by atoms with Crippen molar-refractivity contribution in [3.63, 3.8) is 0 Å². The zero-order valence-corrected chi connectivity index (χ0v) is 11.8. The zero-order valence-electron chi connectivity index (χ0n) is 11.8. The summed E-state index contributed by atoms with van der Waals surface area (Å²) in [5.74, 6) is -1.48. The van der Waals surface area contributed by atoms with E-state index in [1.165, 1.54) is 30.5 Å². The Labute approximate surface area is 130 Å². The normalized spacial score (nSPS) is 10.4. The number of ketones is 1. The monoisotopic (exact) mass is 309 g/mol. The van der Waals surface area contributed by atoms with Gasteiger partial charge in [-0.05, 0) is 18.2 Å². The number of H-pyrrole nitrogens is 1. The van der Waals surface area contributed by atoms with Crippen LogP contribution >= 0.6 is 0 Å². The van der Waals surface area contributed by atoms with E-state index in [1.54, 1.807) is 18.2 Å². The Balaban J connectivity index is 1.80. The molecule has 2 N–H and O–H groups in total. The number of Topliss-reactive ketones (excluding diaryl/α,β-unsaturated/α-hetero) is 1. The maximum atomic E-state index is 12.3. The van der Waals surface area contributed by atoms with Crippen molar-refractivity contribution >= 4 is 34.0 Å². The highest BCUT2D eigenvalue weighted by Crippen LogP contribution is 2.19. The number of rotatable bonds is 4. The van der Waals surface area contributed by atoms with E-state index in [1.807, 2.05) is 6.07 Å². The number of amides is 1. The molecule has 3 aromatic rings. The molecule has 0 bridgehead atoms. The summed E-state index contributed by atoms with van der Waals surface area (Å²) in [5, 5.41) is 13.7. The maximum absolute atomic E-state index is 12.3. The van der Waals surface area contributed by atoms with E-state index < -0.39 is 16.6 Å². The highest BCUT2D eigenvalue weighted by molar-refractivity contribution is 6.48. The van der Waals surface area contributed by atoms with Crippen molar-refractivity contribution in [1.82, 2.24) is 4.98 Å². The number of aromatic amines is 1. The first-order chi connectivity index (χ1) is 11.1. The van der Waals surface area contributed by atoms with Crippen LogP contribution in [0.25, 0.3) is 10.9 Å². The minimum Gasteiger partial charge on any atom is -0.360 e. The van der Waals surface area contributed by atoms with Gasteiger partial charge in [-0.3, -0.25) is 19.7 Å². The molecule has 0 radical (unpaired) electrons. The van der Waals surface area contributed by atoms with Gasteiger partial charge >= 0.3 is 0 Å². The molecule has 0 atom stereocenters. The SMILES string of the molecule is O=C(Nc1ccc([N+](=O)[O-])cc1)C(=O)c1c[nH]c2ccccc12. The lowest BCUT2D eigenvalue weighted by atomic mass is 10.1. The van der Waals surface area contributed by atoms with Gasteiger partial charge in [0.1, 0.15) is 0 Å². The maximum Gasteiger partial charge on any atom is 0.296 e. The molecular weight excluding hydrogens is 298 g/mol. The minimum atomic E-state index is -0.802. The summed E-state index contributed by atoms with van der Waals surface area (Å²) in [6.07, 6.45) is 1.49. The van der Waals surface area contributed by atoms with E-state index in [-0.39, 0.29) is 11.3 Å². The van der Waals surface area contributed by atoms with E-state index in [2.05, 4.69) is 10.3 Å². The second kappa shape index (κ2) is 5.72. The molecule has 0 saturated heterocycles. The molecular formula is C16H11N3O4. The Morgan fingerprint density at radius 1 is 1.04 bits per heavy atom. The van der Waals surface area contributed by atoms with E-state index >= 15 is 0 Å². The van der Waals surface area contributed by atoms with Crippen molar-refractivity contribution < 1.29 is 14.5 Å². The third-order valence-electron chi connectivity index (χ3n) is 3.38. The summed E-state index contributed by atoms with van der Waals surface area (Å²) >= 11 is 0. The van der Waals surface area contributed by atoms with Gasteiger partial charge in [-0.25, -0.2) is 0 Å². The molecule has 2 aromatic carbocycles. The number of anilines is 1. The summed E-state index contributed by atoms with van der Waals surface area (Å²) in [7, 11) is 0. The van der Waals surface area contributed by atoms with Gasteiger partial charge in [0, 0.05) is 34.9 Å². The standard InChI is InChI=1S/C16H11N3O4/c20-15(13-9-17-14-4-2-1-3-12(13)14)16(21)18-10-5-7-11(8-6-10)19(22)23/h1-9,17H,(H,18,21). The van der Waals surface area contributed by atoms with Crippen LogP contribution in [0.5, 0.6) is 0 Å². The highest BCUT2D eigenvalue weighted by atomic mass is 16.6. The molecule has 7 nitrogen and oxygen atoms in total. The van der Waals surface area contributed by atoms with Crippen LogP contribution in [-0.4, -0.2) is 21.6 Å². The number of non-ortho nitro benzene ring substituents is 1. The molecule has 1 heterocycles. The third kappa shape index (κ3) is 2.80. The average molecular weight is 309 g/mol. The average Bonchev–Trinajstić information content (AvgIpc) is 2.98. The van der Waals surface area contributed by atoms with Crippen molar-refractivity contribution in [2.75, 3.05) is 5.32 Å². The number of carbonyl (C=O) groups is 2. The van der Waals surface area contributed by atoms with Crippen LogP contribution < -0.4 is 5.32 Å². The van der Waals surface area contributed by atoms with Crippen molar-refractivity contribution in [1.29, 1.82) is 0 Å². The van der Waals surface area contributed by atoms with Crippen LogP contribution in [0, 0.1) is 10.1 Å². The molecule has 1 aromatic heterocycles. The Bertz CT molecular complexity index is 912. The summed E-state index contributed by atoms with van der Waals surface area (Å²) in [6.45, 7) is 0. The fourth-order valence-corrected chi connectivity index (χ4v) is 2.24. The molecule has 23 heavy (non-hydrogen) atoms. The van der Waals surface area contributed by atoms with E-state index in [4.69, 9.17) is 0 Å². The lowest BCUT2D eigenvalue weighted by Crippen LogP contribution is -2.22. The molecule has 114 valence electrons. The van der Waals surface area contributed by atoms with Crippen LogP contribution in [0.15, 0.2) is 54.7 Å². The number of fused-ring (bicyclic) bond motifs is 1. The Morgan fingerprint density at radius 2 is 1.74 bits per heavy atom. The molecule has 0 fully saturated rings. The van der Waals surface area contributed by atoms with Gasteiger partial charge in [-0.1, -0.05) is 18.2 Å². The first kappa shape index (κ1) is 14.5. The minimum absolute atomic E-state index is 0.0917. The number of nitrogens with one attached hydrogen (secondary N) is 2. The summed E-state index contributed by atoms with van der Waals surface area (Å²) < 4.78 is 0. The molecule has 3 rings (SSSR count). The second-order valence-electron chi connectivity index (χ2n) is 4.84. The molecule has 0 unspecified atom stereocenters. The summed E-state index contributed by atoms with van der Waals surface area (Å²) in [4.78, 5) is 37.3. The van der Waals surface area contributed by atoms with E-state index in [0.29, 0.717) is 11.1 Å². The van der Waals surface area contributed by atoms with Gasteiger partial charge in [-0.2, -0.15) is 0 Å². The number of carbonyl (C=O) groups excluding carboxylic acids is 2. The van der Waals surface area contributed by atoms with Crippen molar-refractivity contribution in [2.24, 2.45) is 0 Å². The molecule has 0 spiro atoms. The Hall–Kier alpha value is -3.48. The number of hydrogen-bond donors (Lipinski definition) is 2. The number of nitro groups is 1. The Morgan fingerprint density at radius 3 is 2.43 bits per heavy atom. The molecule has 0 aliphatic rings. The third-order valence-corrected chi connectivity index (χ3v) is 3.38. The molecule has 7 heteroatoms. The zero-order chi connectivity index (χ0) is 16.4. The van der Waals surface area contributed by atoms with E-state index in [0.717, 1.165) is 5.52 Å². The first-order valence-electron chi connectivity index (χ1n) is 6.72. The van der Waals surface area contributed by atoms with Gasteiger partial charge < -0.3 is 10.3 Å². The fourth-order valence-electron chi connectivity index (χ4n) is 2.24. The van der Waals surface area contributed by atoms with Gasteiger partial charge in [0.2, 0.25) is 0 Å². The smallest absolute Gasteiger partial charge is 0.296 e. The van der Waals surface area contributed by atoms with Gasteiger partial charge in [0.05, 0.1) is 10.5 Å². The number of nitro benzene ring substituents is 1. The van der Waals surface area contributed by atoms with Crippen LogP contribution in [0.1, 0.15) is 10.4 Å². The predicted molar refractivity (Wildman–Crippen MR) is 84.4 cm³/mol. The molecule has 0 saturated carbocycles. The fraction of sp³-hybridized carbons (Fsp3) is 0. The lowest BCUT2D eigenvalue weighted by molar-refractivity contribution is -0.384. The second-order valence-corrected chi connectivity index (χ2v) is 4.84. The summed E-state index contributed by atoms with van der Waals surface area (Å²) in [5.41, 5.74) is 1.26. The van der Waals surface area contributed by atoms with Crippen LogP contribution in [-0.2, 0) is 4.79 Å². The first-order valence-corrected chi connectivity index (χ1v) is 6.72. The molecule has 1 amide bonds. The van der Waals surface area contributed by atoms with Crippen molar-refractivity contribution in [3.8, 4) is 0 Å². The number of hydrogen-bond acceptors (Lipinski definition) is 4. The highest BCUT2D eigenvalue weighted by Gasteiger charge is 2.20. The van der Waals surface area contributed by atoms with Crippen LogP contribution in [0.4, 0.5) is 11.4 Å². The lowest BCUT2D eigenvalue weighted by Gasteiger charge is -2.03. The van der Waals surface area contributed by atoms with Gasteiger partial charge in [0.25, 0.3) is 17.4 Å². The van der Waals surface area contributed by atoms with Crippen LogP contribution in [0.2, 0.25) is 0 Å². The van der Waals surface area contributed by atoms with Gasteiger partial charge in [0.15, 0.2) is 0 Å². The topological polar surface area (TPSA) is 105 Å². The quantitative estimate of drug-likeness (QED) is 0.334. The number of aromatic nitrogens is 1. The summed E-state index contributed by atoms with van der Waals surface area (Å²) in [6, 6.07) is 12.4. The van der Waals surface area contributed by atoms with Gasteiger partial charge in [-0.15, -0.1) is 0 Å². The molecule has 0 aliphatic heterocycles. The Kier molecular flexibility index (Phi) is 3.60. The number of nitrogens with zero attached hydrogens (tertiary/aromatic N) is 1. The van der Waals surface area contributed by atoms with Crippen LogP contribution in [0.3, 0.4) is 0 Å². The van der Waals surface area contributed by atoms with Crippen molar-refractivity contribution in [3.05, 3.63) is 70.4 Å². The largest absolute Gasteiger partial charge is 0.360 e.